The zero-order valence-corrected chi connectivity index (χ0v) is 20.0. The van der Waals surface area contributed by atoms with Gasteiger partial charge in [-0.1, -0.05) is 23.9 Å². The highest BCUT2D eigenvalue weighted by molar-refractivity contribution is 8.01. The number of rotatable bonds is 6. The molecule has 10 nitrogen and oxygen atoms in total. The summed E-state index contributed by atoms with van der Waals surface area (Å²) in [5.41, 5.74) is 1.86. The smallest absolute Gasteiger partial charge is 0.226 e. The van der Waals surface area contributed by atoms with Gasteiger partial charge in [0.05, 0.1) is 23.2 Å². The zero-order valence-electron chi connectivity index (χ0n) is 17.7. The van der Waals surface area contributed by atoms with Crippen LogP contribution < -0.4 is 5.32 Å². The van der Waals surface area contributed by atoms with Gasteiger partial charge in [-0.15, -0.1) is 11.3 Å². The number of thioether (sulfide) groups is 1. The first kappa shape index (κ1) is 22.4. The van der Waals surface area contributed by atoms with Gasteiger partial charge in [0.15, 0.2) is 27.5 Å². The molecule has 1 aromatic carbocycles. The molecule has 2 fully saturated rings. The molecule has 4 N–H and O–H groups in total. The van der Waals surface area contributed by atoms with Gasteiger partial charge in [-0.25, -0.2) is 9.97 Å². The molecule has 0 spiro atoms. The van der Waals surface area contributed by atoms with Crippen molar-refractivity contribution in [3.05, 3.63) is 35.9 Å². The minimum Gasteiger partial charge on any atom is -0.394 e. The SMILES string of the molecule is OC[C@H]1O[C@H](n2cnc3c(N[C@@H]4CC[C@H]4Sc4nc5ccccc5s4)nc(Cl)nc32)[C@H](O)[C@@H]1O. The van der Waals surface area contributed by atoms with Crippen molar-refractivity contribution in [2.24, 2.45) is 0 Å². The number of imidazole rings is 1. The molecule has 4 heterocycles. The number of para-hydroxylation sites is 1. The van der Waals surface area contributed by atoms with E-state index in [2.05, 4.69) is 26.3 Å². The Bertz CT molecular complexity index is 1320. The number of thiazole rings is 1. The van der Waals surface area contributed by atoms with Gasteiger partial charge in [-0.05, 0) is 36.6 Å². The second-order valence-electron chi connectivity index (χ2n) is 8.33. The monoisotopic (exact) mass is 520 g/mol. The number of nitrogens with one attached hydrogen (secondary N) is 1. The van der Waals surface area contributed by atoms with E-state index in [1.807, 2.05) is 18.2 Å². The Morgan fingerprint density at radius 2 is 2.03 bits per heavy atom. The van der Waals surface area contributed by atoms with E-state index >= 15 is 0 Å². The van der Waals surface area contributed by atoms with Crippen molar-refractivity contribution in [2.45, 2.75) is 53.0 Å². The first-order valence-electron chi connectivity index (χ1n) is 10.8. The summed E-state index contributed by atoms with van der Waals surface area (Å²) in [4.78, 5) is 17.8. The number of aromatic nitrogens is 5. The molecule has 0 amide bonds. The van der Waals surface area contributed by atoms with E-state index in [-0.39, 0.29) is 11.3 Å². The van der Waals surface area contributed by atoms with Gasteiger partial charge in [-0.2, -0.15) is 9.97 Å². The number of anilines is 1. The molecule has 34 heavy (non-hydrogen) atoms. The van der Waals surface area contributed by atoms with Gasteiger partial charge in [0.2, 0.25) is 5.28 Å². The molecule has 1 saturated carbocycles. The number of aliphatic hydroxyl groups is 3. The normalized spacial score (nSPS) is 29.1. The van der Waals surface area contributed by atoms with Crippen LogP contribution in [0.2, 0.25) is 5.28 Å². The van der Waals surface area contributed by atoms with Crippen LogP contribution in [0.25, 0.3) is 21.4 Å². The highest BCUT2D eigenvalue weighted by Gasteiger charge is 2.44. The van der Waals surface area contributed by atoms with Gasteiger partial charge >= 0.3 is 0 Å². The first-order chi connectivity index (χ1) is 16.5. The zero-order chi connectivity index (χ0) is 23.4. The van der Waals surface area contributed by atoms with Gasteiger partial charge < -0.3 is 25.4 Å². The van der Waals surface area contributed by atoms with Crippen LogP contribution in [-0.4, -0.2) is 76.0 Å². The number of aliphatic hydroxyl groups excluding tert-OH is 3. The summed E-state index contributed by atoms with van der Waals surface area (Å²) < 4.78 is 9.35. The van der Waals surface area contributed by atoms with Gasteiger partial charge in [0, 0.05) is 11.3 Å². The third-order valence-corrected chi connectivity index (χ3v) is 8.94. The molecule has 6 rings (SSSR count). The number of halogens is 1. The Kier molecular flexibility index (Phi) is 5.84. The van der Waals surface area contributed by atoms with Gasteiger partial charge in [0.25, 0.3) is 0 Å². The Balaban J connectivity index is 1.24. The van der Waals surface area contributed by atoms with Gasteiger partial charge in [-0.3, -0.25) is 4.57 Å². The van der Waals surface area contributed by atoms with Crippen molar-refractivity contribution in [1.29, 1.82) is 0 Å². The Morgan fingerprint density at radius 3 is 2.76 bits per heavy atom. The molecule has 6 atom stereocenters. The van der Waals surface area contributed by atoms with Crippen LogP contribution in [0, 0.1) is 0 Å². The molecular formula is C21H21ClN6O4S2. The summed E-state index contributed by atoms with van der Waals surface area (Å²) in [6, 6.07) is 8.27. The van der Waals surface area contributed by atoms with Crippen molar-refractivity contribution in [2.75, 3.05) is 11.9 Å². The molecule has 0 radical (unpaired) electrons. The number of nitrogens with zero attached hydrogens (tertiary/aromatic N) is 5. The lowest BCUT2D eigenvalue weighted by Gasteiger charge is -2.36. The van der Waals surface area contributed by atoms with E-state index in [0.717, 1.165) is 22.7 Å². The topological polar surface area (TPSA) is 138 Å². The highest BCUT2D eigenvalue weighted by Crippen LogP contribution is 2.41. The fourth-order valence-corrected chi connectivity index (χ4v) is 7.00. The Morgan fingerprint density at radius 1 is 1.18 bits per heavy atom. The molecule has 3 aromatic heterocycles. The molecule has 1 saturated heterocycles. The van der Waals surface area contributed by atoms with E-state index in [9.17, 15) is 15.3 Å². The molecule has 4 aromatic rings. The fourth-order valence-electron chi connectivity index (χ4n) is 4.27. The second-order valence-corrected chi connectivity index (χ2v) is 11.2. The van der Waals surface area contributed by atoms with E-state index in [1.54, 1.807) is 23.1 Å². The lowest BCUT2D eigenvalue weighted by Crippen LogP contribution is -2.41. The summed E-state index contributed by atoms with van der Waals surface area (Å²) in [6.07, 6.45) is -0.837. The molecule has 1 aliphatic heterocycles. The summed E-state index contributed by atoms with van der Waals surface area (Å²) in [6.45, 7) is -0.417. The van der Waals surface area contributed by atoms with Crippen molar-refractivity contribution >= 4 is 61.9 Å². The first-order valence-corrected chi connectivity index (χ1v) is 12.9. The molecule has 0 bridgehead atoms. The van der Waals surface area contributed by atoms with Crippen molar-refractivity contribution < 1.29 is 20.1 Å². The molecule has 178 valence electrons. The summed E-state index contributed by atoms with van der Waals surface area (Å²) >= 11 is 9.68. The number of ether oxygens (including phenoxy) is 1. The number of hydrogen-bond acceptors (Lipinski definition) is 11. The van der Waals surface area contributed by atoms with Gasteiger partial charge in [0.1, 0.15) is 18.3 Å². The molecular weight excluding hydrogens is 500 g/mol. The van der Waals surface area contributed by atoms with Crippen LogP contribution in [0.15, 0.2) is 34.9 Å². The van der Waals surface area contributed by atoms with Crippen molar-refractivity contribution in [3.63, 3.8) is 0 Å². The van der Waals surface area contributed by atoms with E-state index in [4.69, 9.17) is 21.3 Å². The molecule has 13 heteroatoms. The van der Waals surface area contributed by atoms with Crippen LogP contribution in [0.3, 0.4) is 0 Å². The minimum absolute atomic E-state index is 0.0261. The maximum atomic E-state index is 10.4. The Labute approximate surface area is 207 Å². The maximum absolute atomic E-state index is 10.4. The average molecular weight is 521 g/mol. The molecule has 1 aliphatic carbocycles. The minimum atomic E-state index is -1.25. The van der Waals surface area contributed by atoms with Crippen LogP contribution >= 0.6 is 34.7 Å². The predicted octanol–water partition coefficient (Wildman–Crippen LogP) is 2.44. The fraction of sp³-hybridized carbons (Fsp3) is 0.429. The quantitative estimate of drug-likeness (QED) is 0.280. The third kappa shape index (κ3) is 3.83. The number of fused-ring (bicyclic) bond motifs is 2. The van der Waals surface area contributed by atoms with Crippen LogP contribution in [0.4, 0.5) is 5.82 Å². The van der Waals surface area contributed by atoms with Crippen LogP contribution in [0.1, 0.15) is 19.1 Å². The van der Waals surface area contributed by atoms with Crippen LogP contribution in [0.5, 0.6) is 0 Å². The van der Waals surface area contributed by atoms with E-state index in [0.29, 0.717) is 22.2 Å². The lowest BCUT2D eigenvalue weighted by atomic mass is 9.92. The second kappa shape index (κ2) is 8.86. The molecule has 0 unspecified atom stereocenters. The Hall–Kier alpha value is -2.06. The van der Waals surface area contributed by atoms with Crippen molar-refractivity contribution in [1.82, 2.24) is 24.5 Å². The van der Waals surface area contributed by atoms with Crippen molar-refractivity contribution in [3.8, 4) is 0 Å². The number of hydrogen-bond donors (Lipinski definition) is 4. The van der Waals surface area contributed by atoms with E-state index in [1.165, 1.54) is 15.6 Å². The lowest BCUT2D eigenvalue weighted by molar-refractivity contribution is -0.0511. The maximum Gasteiger partial charge on any atom is 0.226 e. The average Bonchev–Trinajstić information content (AvgIpc) is 3.50. The summed E-state index contributed by atoms with van der Waals surface area (Å²) in [5, 5.41) is 33.7. The largest absolute Gasteiger partial charge is 0.394 e. The molecule has 2 aliphatic rings. The predicted molar refractivity (Wildman–Crippen MR) is 129 cm³/mol. The van der Waals surface area contributed by atoms with E-state index < -0.39 is 31.1 Å². The summed E-state index contributed by atoms with van der Waals surface area (Å²) in [5.74, 6) is 0.500. The standard InChI is InChI=1S/C21H21ClN6O4S2/c22-20-26-17(14-18(27-20)28(8-23-14)19-16(31)15(30)11(7-29)32-19)24-10-5-6-13(10)34-21-25-9-3-1-2-4-12(9)33-21/h1-4,8,10-11,13,15-16,19,29-31H,5-7H2,(H,24,26,27)/t10-,11-,13-,15-,16-,19+/m1/s1. The third-order valence-electron chi connectivity index (χ3n) is 6.24. The highest BCUT2D eigenvalue weighted by atomic mass is 35.5. The summed E-state index contributed by atoms with van der Waals surface area (Å²) in [7, 11) is 0. The number of benzene rings is 1. The van der Waals surface area contributed by atoms with Crippen LogP contribution in [-0.2, 0) is 4.74 Å².